The van der Waals surface area contributed by atoms with Crippen molar-refractivity contribution < 1.29 is 14.3 Å². The fourth-order valence-corrected chi connectivity index (χ4v) is 2.96. The summed E-state index contributed by atoms with van der Waals surface area (Å²) >= 11 is 0. The minimum absolute atomic E-state index is 0.0200. The smallest absolute Gasteiger partial charge is 0.318 e. The normalized spacial score (nSPS) is 23.2. The first-order valence-corrected chi connectivity index (χ1v) is 7.41. The van der Waals surface area contributed by atoms with Crippen LogP contribution in [-0.4, -0.2) is 66.7 Å². The second-order valence-corrected chi connectivity index (χ2v) is 5.69. The van der Waals surface area contributed by atoms with Gasteiger partial charge in [-0.3, -0.25) is 4.79 Å². The number of hydrogen-bond acceptors (Lipinski definition) is 3. The molecule has 0 aromatic carbocycles. The van der Waals surface area contributed by atoms with Gasteiger partial charge in [0.05, 0.1) is 11.6 Å². The van der Waals surface area contributed by atoms with E-state index in [2.05, 4.69) is 5.32 Å². The molecule has 114 valence electrons. The molecule has 2 aliphatic rings. The van der Waals surface area contributed by atoms with Gasteiger partial charge in [-0.2, -0.15) is 0 Å². The molecule has 2 rings (SSSR count). The van der Waals surface area contributed by atoms with Crippen LogP contribution in [0.4, 0.5) is 4.79 Å². The third-order valence-electron chi connectivity index (χ3n) is 4.72. The highest BCUT2D eigenvalue weighted by molar-refractivity contribution is 5.85. The maximum Gasteiger partial charge on any atom is 0.318 e. The molecule has 0 radical (unpaired) electrons. The number of rotatable bonds is 4. The van der Waals surface area contributed by atoms with Crippen molar-refractivity contribution in [2.24, 2.45) is 0 Å². The van der Waals surface area contributed by atoms with E-state index < -0.39 is 0 Å². The van der Waals surface area contributed by atoms with Crippen molar-refractivity contribution in [2.45, 2.75) is 44.8 Å². The number of likely N-dealkylation sites (N-methyl/N-ethyl adjacent to an activating group) is 1. The molecular formula is C14H25N3O3. The Morgan fingerprint density at radius 1 is 1.45 bits per heavy atom. The van der Waals surface area contributed by atoms with Crippen molar-refractivity contribution in [1.82, 2.24) is 15.1 Å². The van der Waals surface area contributed by atoms with E-state index in [4.69, 9.17) is 4.74 Å². The van der Waals surface area contributed by atoms with E-state index in [9.17, 15) is 9.59 Å². The molecule has 0 spiro atoms. The lowest BCUT2D eigenvalue weighted by Crippen LogP contribution is -2.61. The molecule has 1 saturated heterocycles. The number of carbonyl (C=O) groups is 2. The van der Waals surface area contributed by atoms with Gasteiger partial charge in [0.1, 0.15) is 6.54 Å². The Hall–Kier alpha value is -1.30. The van der Waals surface area contributed by atoms with Crippen molar-refractivity contribution in [3.05, 3.63) is 0 Å². The largest absolute Gasteiger partial charge is 0.376 e. The van der Waals surface area contributed by atoms with E-state index in [0.717, 1.165) is 19.3 Å². The van der Waals surface area contributed by atoms with Gasteiger partial charge in [0.25, 0.3) is 0 Å². The summed E-state index contributed by atoms with van der Waals surface area (Å²) in [7, 11) is 1.70. The molecule has 0 aromatic rings. The number of ether oxygens (including phenoxy) is 1. The summed E-state index contributed by atoms with van der Waals surface area (Å²) in [4.78, 5) is 27.4. The monoisotopic (exact) mass is 283 g/mol. The molecule has 6 heteroatoms. The number of methoxy groups -OCH3 is 1. The van der Waals surface area contributed by atoms with Gasteiger partial charge < -0.3 is 19.9 Å². The van der Waals surface area contributed by atoms with Gasteiger partial charge >= 0.3 is 6.03 Å². The van der Waals surface area contributed by atoms with Gasteiger partial charge in [0.15, 0.2) is 0 Å². The fourth-order valence-electron chi connectivity index (χ4n) is 2.96. The van der Waals surface area contributed by atoms with Crippen molar-refractivity contribution in [1.29, 1.82) is 0 Å². The topological polar surface area (TPSA) is 61.9 Å². The standard InChI is InChI=1S/C14H25N3O3/c1-4-16-8-9-17(10-12(16)18)13(19)15-11(2)14(20-3)6-5-7-14/h11H,4-10H2,1-3H3,(H,15,19). The molecule has 1 unspecified atom stereocenters. The highest BCUT2D eigenvalue weighted by atomic mass is 16.5. The lowest BCUT2D eigenvalue weighted by atomic mass is 9.75. The van der Waals surface area contributed by atoms with Crippen LogP contribution >= 0.6 is 0 Å². The summed E-state index contributed by atoms with van der Waals surface area (Å²) in [6.45, 7) is 6.02. The number of nitrogens with zero attached hydrogens (tertiary/aromatic N) is 2. The van der Waals surface area contributed by atoms with Gasteiger partial charge in [-0.25, -0.2) is 4.79 Å². The minimum Gasteiger partial charge on any atom is -0.376 e. The molecule has 3 amide bonds. The molecule has 1 N–H and O–H groups in total. The first-order valence-electron chi connectivity index (χ1n) is 7.41. The van der Waals surface area contributed by atoms with Crippen LogP contribution in [0.1, 0.15) is 33.1 Å². The predicted molar refractivity (Wildman–Crippen MR) is 75.4 cm³/mol. The average Bonchev–Trinajstić information content (AvgIpc) is 2.37. The lowest BCUT2D eigenvalue weighted by Gasteiger charge is -2.46. The molecule has 0 aromatic heterocycles. The maximum atomic E-state index is 12.2. The zero-order chi connectivity index (χ0) is 14.8. The van der Waals surface area contributed by atoms with Gasteiger partial charge in [-0.15, -0.1) is 0 Å². The van der Waals surface area contributed by atoms with Crippen LogP contribution < -0.4 is 5.32 Å². The van der Waals surface area contributed by atoms with E-state index >= 15 is 0 Å². The van der Waals surface area contributed by atoms with Crippen LogP contribution in [0, 0.1) is 0 Å². The third kappa shape index (κ3) is 2.75. The van der Waals surface area contributed by atoms with Crippen LogP contribution in [0.2, 0.25) is 0 Å². The van der Waals surface area contributed by atoms with Crippen molar-refractivity contribution in [3.63, 3.8) is 0 Å². The summed E-state index contributed by atoms with van der Waals surface area (Å²) in [6, 6.07) is -0.196. The molecule has 1 heterocycles. The molecule has 1 saturated carbocycles. The Kier molecular flexibility index (Phi) is 4.52. The molecule has 1 atom stereocenters. The Balaban J connectivity index is 1.87. The zero-order valence-corrected chi connectivity index (χ0v) is 12.6. The molecule has 1 aliphatic carbocycles. The van der Waals surface area contributed by atoms with Gasteiger partial charge in [0, 0.05) is 26.7 Å². The van der Waals surface area contributed by atoms with Gasteiger partial charge in [0.2, 0.25) is 5.91 Å². The number of hydrogen-bond donors (Lipinski definition) is 1. The van der Waals surface area contributed by atoms with E-state index in [1.807, 2.05) is 13.8 Å². The molecule has 20 heavy (non-hydrogen) atoms. The van der Waals surface area contributed by atoms with Crippen LogP contribution in [0.3, 0.4) is 0 Å². The molecule has 6 nitrogen and oxygen atoms in total. The zero-order valence-electron chi connectivity index (χ0n) is 12.6. The van der Waals surface area contributed by atoms with E-state index in [0.29, 0.717) is 19.6 Å². The highest BCUT2D eigenvalue weighted by Gasteiger charge is 2.43. The molecule has 0 bridgehead atoms. The summed E-state index contributed by atoms with van der Waals surface area (Å²) in [6.07, 6.45) is 3.10. The van der Waals surface area contributed by atoms with Crippen molar-refractivity contribution in [2.75, 3.05) is 33.3 Å². The summed E-state index contributed by atoms with van der Waals surface area (Å²) < 4.78 is 5.57. The average molecular weight is 283 g/mol. The van der Waals surface area contributed by atoms with Crippen molar-refractivity contribution in [3.8, 4) is 0 Å². The Bertz CT molecular complexity index is 376. The lowest BCUT2D eigenvalue weighted by molar-refractivity contribution is -0.134. The summed E-state index contributed by atoms with van der Waals surface area (Å²) in [5.41, 5.74) is -0.217. The second-order valence-electron chi connectivity index (χ2n) is 5.69. The Morgan fingerprint density at radius 2 is 2.15 bits per heavy atom. The molecule has 1 aliphatic heterocycles. The van der Waals surface area contributed by atoms with Crippen LogP contribution in [0.5, 0.6) is 0 Å². The van der Waals surface area contributed by atoms with E-state index in [1.54, 1.807) is 16.9 Å². The molecular weight excluding hydrogens is 258 g/mol. The van der Waals surface area contributed by atoms with Gasteiger partial charge in [-0.05, 0) is 33.1 Å². The summed E-state index contributed by atoms with van der Waals surface area (Å²) in [5.74, 6) is 0.0200. The summed E-state index contributed by atoms with van der Waals surface area (Å²) in [5, 5.41) is 2.99. The number of urea groups is 1. The Labute approximate surface area is 120 Å². The fraction of sp³-hybridized carbons (Fsp3) is 0.857. The second kappa shape index (κ2) is 5.99. The van der Waals surface area contributed by atoms with E-state index in [1.165, 1.54) is 0 Å². The van der Waals surface area contributed by atoms with Crippen molar-refractivity contribution >= 4 is 11.9 Å². The van der Waals surface area contributed by atoms with E-state index in [-0.39, 0.29) is 30.1 Å². The van der Waals surface area contributed by atoms with Crippen LogP contribution in [0.25, 0.3) is 0 Å². The van der Waals surface area contributed by atoms with Gasteiger partial charge in [-0.1, -0.05) is 0 Å². The van der Waals surface area contributed by atoms with Crippen LogP contribution in [-0.2, 0) is 9.53 Å². The minimum atomic E-state index is -0.217. The Morgan fingerprint density at radius 3 is 2.60 bits per heavy atom. The first-order chi connectivity index (χ1) is 9.52. The maximum absolute atomic E-state index is 12.2. The number of nitrogens with one attached hydrogen (secondary N) is 1. The molecule has 2 fully saturated rings. The predicted octanol–water partition coefficient (Wildman–Crippen LogP) is 0.818. The number of amides is 3. The number of carbonyl (C=O) groups excluding carboxylic acids is 2. The SMILES string of the molecule is CCN1CCN(C(=O)NC(C)C2(OC)CCC2)CC1=O. The number of piperazine rings is 1. The highest BCUT2D eigenvalue weighted by Crippen LogP contribution is 2.37. The first kappa shape index (κ1) is 15.1. The van der Waals surface area contributed by atoms with Crippen LogP contribution in [0.15, 0.2) is 0 Å². The third-order valence-corrected chi connectivity index (χ3v) is 4.72. The quantitative estimate of drug-likeness (QED) is 0.831.